The molecule has 2 aromatic rings. The fraction of sp³-hybridized carbons (Fsp3) is 0. The van der Waals surface area contributed by atoms with Crippen LogP contribution in [0.15, 0.2) is 12.4 Å². The zero-order chi connectivity index (χ0) is 8.55. The van der Waals surface area contributed by atoms with Crippen molar-refractivity contribution in [2.45, 2.75) is 0 Å². The highest BCUT2D eigenvalue weighted by atomic mass is 35.5. The van der Waals surface area contributed by atoms with E-state index in [0.29, 0.717) is 5.15 Å². The molecule has 0 radical (unpaired) electrons. The average Bonchev–Trinajstić information content (AvgIpc) is 2.49. The van der Waals surface area contributed by atoms with Gasteiger partial charge in [0.2, 0.25) is 0 Å². The molecule has 0 bridgehead atoms. The van der Waals surface area contributed by atoms with Crippen molar-refractivity contribution in [1.29, 1.82) is 0 Å². The van der Waals surface area contributed by atoms with E-state index in [9.17, 15) is 0 Å². The Labute approximate surface area is 78.2 Å². The predicted octanol–water partition coefficient (Wildman–Crippen LogP) is 2.33. The first-order valence-electron chi connectivity index (χ1n) is 3.18. The largest absolute Gasteiger partial charge is 0.225 e. The lowest BCUT2D eigenvalue weighted by molar-refractivity contribution is 1.23. The summed E-state index contributed by atoms with van der Waals surface area (Å²) in [5.41, 5.74) is 0. The van der Waals surface area contributed by atoms with Crippen LogP contribution in [0.2, 0.25) is 5.15 Å². The smallest absolute Gasteiger partial charge is 0.141 e. The van der Waals surface area contributed by atoms with Crippen molar-refractivity contribution in [2.75, 3.05) is 0 Å². The summed E-state index contributed by atoms with van der Waals surface area (Å²) in [6, 6.07) is 1.82. The highest BCUT2D eigenvalue weighted by Crippen LogP contribution is 2.26. The van der Waals surface area contributed by atoms with Crippen LogP contribution < -0.4 is 0 Å². The molecule has 0 N–H and O–H groups in total. The molecule has 0 aliphatic heterocycles. The lowest BCUT2D eigenvalue weighted by Gasteiger charge is -1.87. The number of rotatable bonds is 0. The second-order valence-electron chi connectivity index (χ2n) is 2.14. The van der Waals surface area contributed by atoms with Crippen LogP contribution in [-0.2, 0) is 0 Å². The maximum Gasteiger partial charge on any atom is 0.141 e. The van der Waals surface area contributed by atoms with Gasteiger partial charge in [-0.05, 0) is 6.07 Å². The van der Waals surface area contributed by atoms with Gasteiger partial charge in [0.25, 0.3) is 0 Å². The maximum absolute atomic E-state index is 5.81. The summed E-state index contributed by atoms with van der Waals surface area (Å²) in [6.07, 6.45) is 6.66. The van der Waals surface area contributed by atoms with Gasteiger partial charge in [-0.2, -0.15) is 0 Å². The van der Waals surface area contributed by atoms with Gasteiger partial charge in [-0.25, -0.2) is 9.97 Å². The van der Waals surface area contributed by atoms with E-state index in [1.54, 1.807) is 0 Å². The molecule has 0 unspecified atom stereocenters. The van der Waals surface area contributed by atoms with Crippen LogP contribution >= 0.6 is 22.9 Å². The first kappa shape index (κ1) is 7.53. The lowest BCUT2D eigenvalue weighted by Crippen LogP contribution is -1.76. The summed E-state index contributed by atoms with van der Waals surface area (Å²) in [5.74, 6) is 2.54. The fourth-order valence-corrected chi connectivity index (χ4v) is 1.95. The molecule has 2 nitrogen and oxygen atoms in total. The van der Waals surface area contributed by atoms with Crippen molar-refractivity contribution >= 4 is 33.2 Å². The maximum atomic E-state index is 5.81. The number of halogens is 1. The quantitative estimate of drug-likeness (QED) is 0.475. The summed E-state index contributed by atoms with van der Waals surface area (Å²) in [6.45, 7) is 0. The minimum Gasteiger partial charge on any atom is -0.225 e. The van der Waals surface area contributed by atoms with Crippen LogP contribution in [-0.4, -0.2) is 9.97 Å². The molecule has 2 heterocycles. The molecule has 0 amide bonds. The zero-order valence-corrected chi connectivity index (χ0v) is 7.49. The molecule has 12 heavy (non-hydrogen) atoms. The molecule has 0 aliphatic carbocycles. The van der Waals surface area contributed by atoms with Crippen LogP contribution in [0.25, 0.3) is 10.2 Å². The van der Waals surface area contributed by atoms with Crippen molar-refractivity contribution in [2.24, 2.45) is 0 Å². The van der Waals surface area contributed by atoms with Gasteiger partial charge in [0, 0.05) is 0 Å². The minimum atomic E-state index is 0.456. The number of hydrogen-bond acceptors (Lipinski definition) is 3. The van der Waals surface area contributed by atoms with Crippen molar-refractivity contribution in [1.82, 2.24) is 9.97 Å². The Balaban J connectivity index is 2.85. The second kappa shape index (κ2) is 2.74. The number of hydrogen-bond donors (Lipinski definition) is 0. The Morgan fingerprint density at radius 3 is 3.00 bits per heavy atom. The van der Waals surface area contributed by atoms with Gasteiger partial charge < -0.3 is 0 Å². The van der Waals surface area contributed by atoms with Crippen molar-refractivity contribution in [3.05, 3.63) is 22.4 Å². The third-order valence-electron chi connectivity index (χ3n) is 1.42. The van der Waals surface area contributed by atoms with Crippen LogP contribution in [0.1, 0.15) is 4.88 Å². The lowest BCUT2D eigenvalue weighted by atomic mass is 10.4. The van der Waals surface area contributed by atoms with E-state index < -0.39 is 0 Å². The number of fused-ring (bicyclic) bond motifs is 1. The van der Waals surface area contributed by atoms with E-state index in [4.69, 9.17) is 18.0 Å². The summed E-state index contributed by atoms with van der Waals surface area (Å²) in [7, 11) is 0. The zero-order valence-electron chi connectivity index (χ0n) is 5.91. The van der Waals surface area contributed by atoms with Crippen LogP contribution in [0, 0.1) is 12.3 Å². The van der Waals surface area contributed by atoms with Gasteiger partial charge in [0.15, 0.2) is 0 Å². The first-order valence-corrected chi connectivity index (χ1v) is 4.37. The number of nitrogens with zero attached hydrogens (tertiary/aromatic N) is 2. The van der Waals surface area contributed by atoms with Crippen molar-refractivity contribution in [3.8, 4) is 12.3 Å². The second-order valence-corrected chi connectivity index (χ2v) is 3.53. The molecule has 0 aliphatic rings. The number of aromatic nitrogens is 2. The molecular weight excluding hydrogens is 192 g/mol. The van der Waals surface area contributed by atoms with Gasteiger partial charge >= 0.3 is 0 Å². The Bertz CT molecular complexity index is 469. The molecule has 0 spiro atoms. The SMILES string of the molecule is C#Cc1cc2c(Cl)ncnc2s1. The fourth-order valence-electron chi connectivity index (χ4n) is 0.898. The standard InChI is InChI=1S/C8H3ClN2S/c1-2-5-3-6-7(9)10-4-11-8(6)12-5/h1,3-4H. The number of terminal acetylenes is 1. The van der Waals surface area contributed by atoms with Crippen LogP contribution in [0.5, 0.6) is 0 Å². The normalized spacial score (nSPS) is 10.0. The van der Waals surface area contributed by atoms with Crippen LogP contribution in [0.4, 0.5) is 0 Å². The van der Waals surface area contributed by atoms with E-state index in [1.807, 2.05) is 6.07 Å². The molecule has 0 aromatic carbocycles. The molecular formula is C8H3ClN2S. The van der Waals surface area contributed by atoms with Gasteiger partial charge in [0.05, 0.1) is 10.3 Å². The molecule has 58 valence electrons. The third kappa shape index (κ3) is 1.06. The summed E-state index contributed by atoms with van der Waals surface area (Å²) >= 11 is 7.25. The first-order chi connectivity index (χ1) is 5.81. The molecule has 2 aromatic heterocycles. The Hall–Kier alpha value is -1.11. The van der Waals surface area contributed by atoms with Gasteiger partial charge in [-0.3, -0.25) is 0 Å². The van der Waals surface area contributed by atoms with E-state index >= 15 is 0 Å². The molecule has 0 saturated heterocycles. The van der Waals surface area contributed by atoms with E-state index in [-0.39, 0.29) is 0 Å². The summed E-state index contributed by atoms with van der Waals surface area (Å²) in [5, 5.41) is 1.29. The summed E-state index contributed by atoms with van der Waals surface area (Å²) in [4.78, 5) is 9.55. The van der Waals surface area contributed by atoms with E-state index in [1.165, 1.54) is 17.7 Å². The highest BCUT2D eigenvalue weighted by molar-refractivity contribution is 7.19. The highest BCUT2D eigenvalue weighted by Gasteiger charge is 2.04. The van der Waals surface area contributed by atoms with E-state index in [2.05, 4.69) is 15.9 Å². The van der Waals surface area contributed by atoms with Gasteiger partial charge in [-0.1, -0.05) is 17.5 Å². The van der Waals surface area contributed by atoms with E-state index in [0.717, 1.165) is 15.1 Å². The van der Waals surface area contributed by atoms with Gasteiger partial charge in [0.1, 0.15) is 16.3 Å². The Morgan fingerprint density at radius 1 is 1.50 bits per heavy atom. The predicted molar refractivity (Wildman–Crippen MR) is 50.4 cm³/mol. The molecule has 0 saturated carbocycles. The topological polar surface area (TPSA) is 25.8 Å². The molecule has 4 heteroatoms. The Kier molecular flexibility index (Phi) is 1.72. The molecule has 0 fully saturated rings. The number of thiophene rings is 1. The monoisotopic (exact) mass is 194 g/mol. The van der Waals surface area contributed by atoms with Gasteiger partial charge in [-0.15, -0.1) is 17.8 Å². The minimum absolute atomic E-state index is 0.456. The van der Waals surface area contributed by atoms with Crippen molar-refractivity contribution in [3.63, 3.8) is 0 Å². The average molecular weight is 195 g/mol. The van der Waals surface area contributed by atoms with Crippen LogP contribution in [0.3, 0.4) is 0 Å². The Morgan fingerprint density at radius 2 is 2.33 bits per heavy atom. The summed E-state index contributed by atoms with van der Waals surface area (Å²) < 4.78 is 0. The van der Waals surface area contributed by atoms with Crippen molar-refractivity contribution < 1.29 is 0 Å². The third-order valence-corrected chi connectivity index (χ3v) is 2.70. The molecule has 2 rings (SSSR count). The molecule has 0 atom stereocenters.